The fourth-order valence-corrected chi connectivity index (χ4v) is 2.06. The number of hydrogen-bond acceptors (Lipinski definition) is 3. The Hall–Kier alpha value is -1.81. The van der Waals surface area contributed by atoms with Gasteiger partial charge in [0.05, 0.1) is 19.9 Å². The molecule has 1 aromatic heterocycles. The topological polar surface area (TPSA) is 39.1 Å². The van der Waals surface area contributed by atoms with E-state index in [1.807, 2.05) is 30.1 Å². The van der Waals surface area contributed by atoms with Gasteiger partial charge in [-0.25, -0.2) is 0 Å². The number of nitrogens with zero attached hydrogens (tertiary/aromatic N) is 2. The van der Waals surface area contributed by atoms with Gasteiger partial charge in [0.15, 0.2) is 0 Å². The van der Waals surface area contributed by atoms with E-state index in [0.29, 0.717) is 0 Å². The van der Waals surface area contributed by atoms with Crippen LogP contribution in [0.3, 0.4) is 0 Å². The molecule has 2 aromatic rings. The highest BCUT2D eigenvalue weighted by molar-refractivity contribution is 5.37. The molecule has 1 N–H and O–H groups in total. The summed E-state index contributed by atoms with van der Waals surface area (Å²) < 4.78 is 7.36. The quantitative estimate of drug-likeness (QED) is 0.865. The number of methoxy groups -OCH3 is 1. The first-order valence-electron chi connectivity index (χ1n) is 6.58. The molecule has 0 unspecified atom stereocenters. The highest BCUT2D eigenvalue weighted by Gasteiger charge is 2.06. The minimum Gasteiger partial charge on any atom is -0.496 e. The minimum atomic E-state index is 0.733. The van der Waals surface area contributed by atoms with Crippen molar-refractivity contribution < 1.29 is 4.74 Å². The number of benzene rings is 1. The van der Waals surface area contributed by atoms with Gasteiger partial charge in [0.2, 0.25) is 0 Å². The van der Waals surface area contributed by atoms with Gasteiger partial charge in [-0.15, -0.1) is 0 Å². The van der Waals surface area contributed by atoms with E-state index in [2.05, 4.69) is 29.5 Å². The summed E-state index contributed by atoms with van der Waals surface area (Å²) in [5.74, 6) is 0.911. The Morgan fingerprint density at radius 2 is 2.21 bits per heavy atom. The number of nitrogens with one attached hydrogen (secondary N) is 1. The van der Waals surface area contributed by atoms with Crippen molar-refractivity contribution in [2.24, 2.45) is 0 Å². The molecule has 0 aliphatic carbocycles. The van der Waals surface area contributed by atoms with E-state index >= 15 is 0 Å². The van der Waals surface area contributed by atoms with Crippen LogP contribution in [0.2, 0.25) is 0 Å². The van der Waals surface area contributed by atoms with Crippen molar-refractivity contribution in [1.29, 1.82) is 0 Å². The lowest BCUT2D eigenvalue weighted by Crippen LogP contribution is -2.12. The number of aromatic nitrogens is 2. The Morgan fingerprint density at radius 1 is 1.37 bits per heavy atom. The molecule has 2 rings (SSSR count). The molecule has 0 bridgehead atoms. The molecule has 0 fully saturated rings. The molecule has 0 saturated heterocycles. The lowest BCUT2D eigenvalue weighted by Gasteiger charge is -2.11. The molecule has 4 heteroatoms. The number of aryl methyl sites for hydroxylation is 1. The van der Waals surface area contributed by atoms with Crippen LogP contribution in [0.1, 0.15) is 23.6 Å². The highest BCUT2D eigenvalue weighted by Crippen LogP contribution is 2.21. The molecule has 1 aromatic carbocycles. The zero-order valence-electron chi connectivity index (χ0n) is 11.8. The zero-order valence-corrected chi connectivity index (χ0v) is 11.8. The second kappa shape index (κ2) is 6.38. The summed E-state index contributed by atoms with van der Waals surface area (Å²) in [5.41, 5.74) is 3.59. The molecule has 0 amide bonds. The Balaban J connectivity index is 2.20. The van der Waals surface area contributed by atoms with Crippen LogP contribution in [0, 0.1) is 6.92 Å². The van der Waals surface area contributed by atoms with E-state index in [4.69, 9.17) is 4.74 Å². The number of hydrogen-bond donors (Lipinski definition) is 1. The van der Waals surface area contributed by atoms with E-state index in [0.717, 1.165) is 30.9 Å². The maximum Gasteiger partial charge on any atom is 0.123 e. The smallest absolute Gasteiger partial charge is 0.123 e. The zero-order chi connectivity index (χ0) is 13.7. The van der Waals surface area contributed by atoms with Crippen LogP contribution in [-0.4, -0.2) is 23.4 Å². The summed E-state index contributed by atoms with van der Waals surface area (Å²) in [6, 6.07) is 6.30. The third-order valence-corrected chi connectivity index (χ3v) is 3.02. The first-order valence-corrected chi connectivity index (χ1v) is 6.58. The monoisotopic (exact) mass is 259 g/mol. The Kier molecular flexibility index (Phi) is 4.58. The molecule has 4 nitrogen and oxygen atoms in total. The molecule has 0 aliphatic heterocycles. The molecule has 102 valence electrons. The van der Waals surface area contributed by atoms with Crippen LogP contribution in [0.25, 0.3) is 0 Å². The van der Waals surface area contributed by atoms with E-state index in [1.54, 1.807) is 7.11 Å². The van der Waals surface area contributed by atoms with Gasteiger partial charge >= 0.3 is 0 Å². The molecular formula is C15H21N3O. The van der Waals surface area contributed by atoms with Crippen molar-refractivity contribution in [3.63, 3.8) is 0 Å². The first-order chi connectivity index (χ1) is 9.22. The van der Waals surface area contributed by atoms with Gasteiger partial charge in [-0.1, -0.05) is 13.0 Å². The third-order valence-electron chi connectivity index (χ3n) is 3.02. The van der Waals surface area contributed by atoms with E-state index < -0.39 is 0 Å². The van der Waals surface area contributed by atoms with Gasteiger partial charge in [-0.3, -0.25) is 4.68 Å². The molecule has 0 atom stereocenters. The van der Waals surface area contributed by atoms with Crippen LogP contribution < -0.4 is 10.1 Å². The SMILES string of the molecule is CCNCc1ccc(OC)c(Cn2cc(C)cn2)c1. The Morgan fingerprint density at radius 3 is 2.84 bits per heavy atom. The van der Waals surface area contributed by atoms with Crippen LogP contribution in [0.15, 0.2) is 30.6 Å². The fourth-order valence-electron chi connectivity index (χ4n) is 2.06. The minimum absolute atomic E-state index is 0.733. The van der Waals surface area contributed by atoms with Crippen molar-refractivity contribution in [2.75, 3.05) is 13.7 Å². The first kappa shape index (κ1) is 13.6. The van der Waals surface area contributed by atoms with Gasteiger partial charge in [0.1, 0.15) is 5.75 Å². The second-order valence-corrected chi connectivity index (χ2v) is 4.64. The summed E-state index contributed by atoms with van der Waals surface area (Å²) >= 11 is 0. The summed E-state index contributed by atoms with van der Waals surface area (Å²) in [4.78, 5) is 0. The number of ether oxygens (including phenoxy) is 1. The van der Waals surface area contributed by atoms with Crippen LogP contribution in [0.5, 0.6) is 5.75 Å². The van der Waals surface area contributed by atoms with Crippen molar-refractivity contribution in [1.82, 2.24) is 15.1 Å². The van der Waals surface area contributed by atoms with Crippen LogP contribution in [0.4, 0.5) is 0 Å². The van der Waals surface area contributed by atoms with Gasteiger partial charge < -0.3 is 10.1 Å². The average molecular weight is 259 g/mol. The van der Waals surface area contributed by atoms with E-state index in [1.165, 1.54) is 11.1 Å². The predicted octanol–water partition coefficient (Wildman–Crippen LogP) is 2.36. The Labute approximate surface area is 114 Å². The van der Waals surface area contributed by atoms with Crippen LogP contribution >= 0.6 is 0 Å². The lowest BCUT2D eigenvalue weighted by atomic mass is 10.1. The van der Waals surface area contributed by atoms with Crippen molar-refractivity contribution in [3.05, 3.63) is 47.3 Å². The van der Waals surface area contributed by atoms with Crippen LogP contribution in [-0.2, 0) is 13.1 Å². The standard InChI is InChI=1S/C15H21N3O/c1-4-16-9-13-5-6-15(19-3)14(7-13)11-18-10-12(2)8-17-18/h5-8,10,16H,4,9,11H2,1-3H3. The van der Waals surface area contributed by atoms with Crippen molar-refractivity contribution in [3.8, 4) is 5.75 Å². The molecule has 1 heterocycles. The van der Waals surface area contributed by atoms with Gasteiger partial charge in [0, 0.05) is 18.3 Å². The summed E-state index contributed by atoms with van der Waals surface area (Å²) in [6.45, 7) is 6.74. The largest absolute Gasteiger partial charge is 0.496 e. The molecule has 19 heavy (non-hydrogen) atoms. The number of rotatable bonds is 6. The van der Waals surface area contributed by atoms with Crippen molar-refractivity contribution >= 4 is 0 Å². The molecule has 0 radical (unpaired) electrons. The fraction of sp³-hybridized carbons (Fsp3) is 0.400. The van der Waals surface area contributed by atoms with E-state index in [9.17, 15) is 0 Å². The van der Waals surface area contributed by atoms with Crippen molar-refractivity contribution in [2.45, 2.75) is 26.9 Å². The average Bonchev–Trinajstić information content (AvgIpc) is 2.82. The molecule has 0 spiro atoms. The molecule has 0 aliphatic rings. The van der Waals surface area contributed by atoms with Gasteiger partial charge in [0.25, 0.3) is 0 Å². The normalized spacial score (nSPS) is 10.7. The highest BCUT2D eigenvalue weighted by atomic mass is 16.5. The van der Waals surface area contributed by atoms with E-state index in [-0.39, 0.29) is 0 Å². The van der Waals surface area contributed by atoms with Gasteiger partial charge in [-0.05, 0) is 36.7 Å². The summed E-state index contributed by atoms with van der Waals surface area (Å²) in [5, 5.41) is 7.66. The third kappa shape index (κ3) is 3.58. The van der Waals surface area contributed by atoms with Gasteiger partial charge in [-0.2, -0.15) is 5.10 Å². The Bertz CT molecular complexity index is 534. The molecule has 0 saturated carbocycles. The second-order valence-electron chi connectivity index (χ2n) is 4.64. The summed E-state index contributed by atoms with van der Waals surface area (Å²) in [7, 11) is 1.71. The predicted molar refractivity (Wildman–Crippen MR) is 76.4 cm³/mol. The molecular weight excluding hydrogens is 238 g/mol. The lowest BCUT2D eigenvalue weighted by molar-refractivity contribution is 0.407. The maximum absolute atomic E-state index is 5.42. The maximum atomic E-state index is 5.42. The summed E-state index contributed by atoms with van der Waals surface area (Å²) in [6.07, 6.45) is 3.91.